The first kappa shape index (κ1) is 18.7. The molecule has 9 nitrogen and oxygen atoms in total. The first-order valence-corrected chi connectivity index (χ1v) is 10.6. The highest BCUT2D eigenvalue weighted by molar-refractivity contribution is 8.01. The number of fused-ring (bicyclic) bond motifs is 1. The van der Waals surface area contributed by atoms with Crippen molar-refractivity contribution in [1.29, 1.82) is 0 Å². The van der Waals surface area contributed by atoms with Crippen LogP contribution >= 0.6 is 23.1 Å². The van der Waals surface area contributed by atoms with Crippen molar-refractivity contribution in [2.24, 2.45) is 0 Å². The number of carbonyl (C=O) groups is 1. The lowest BCUT2D eigenvalue weighted by Crippen LogP contribution is -2.35. The number of amides is 2. The molecule has 12 heteroatoms. The molecule has 1 unspecified atom stereocenters. The third-order valence-electron chi connectivity index (χ3n) is 3.42. The van der Waals surface area contributed by atoms with Crippen molar-refractivity contribution in [3.63, 3.8) is 0 Å². The van der Waals surface area contributed by atoms with Crippen LogP contribution in [0, 0.1) is 0 Å². The fourth-order valence-corrected chi connectivity index (χ4v) is 6.70. The highest BCUT2D eigenvalue weighted by atomic mass is 32.2. The number of hydrogen-bond donors (Lipinski definition) is 2. The van der Waals surface area contributed by atoms with E-state index in [2.05, 4.69) is 15.3 Å². The van der Waals surface area contributed by atoms with Crippen LogP contribution in [-0.2, 0) is 16.4 Å². The number of nitrogens with one attached hydrogen (secondary N) is 2. The van der Waals surface area contributed by atoms with Crippen LogP contribution in [0.25, 0.3) is 0 Å². The number of ether oxygens (including phenoxy) is 2. The topological polar surface area (TPSA) is 120 Å². The summed E-state index contributed by atoms with van der Waals surface area (Å²) in [5.74, 6) is 0.180. The molecule has 0 radical (unpaired) electrons. The van der Waals surface area contributed by atoms with Gasteiger partial charge in [0.2, 0.25) is 17.7 Å². The summed E-state index contributed by atoms with van der Waals surface area (Å²) in [6.07, 6.45) is 0.823. The number of nitrogens with zero attached hydrogens (tertiary/aromatic N) is 2. The Kier molecular flexibility index (Phi) is 5.25. The van der Waals surface area contributed by atoms with Crippen molar-refractivity contribution < 1.29 is 22.7 Å². The Morgan fingerprint density at radius 3 is 2.54 bits per heavy atom. The molecule has 2 amide bonds. The third-order valence-corrected chi connectivity index (χ3v) is 7.46. The molecule has 0 spiro atoms. The fraction of sp³-hybridized carbons (Fsp3) is 0.357. The highest BCUT2D eigenvalue weighted by Gasteiger charge is 2.30. The van der Waals surface area contributed by atoms with Gasteiger partial charge in [-0.05, 0) is 6.42 Å². The zero-order valence-corrected chi connectivity index (χ0v) is 16.5. The molecule has 0 fully saturated rings. The van der Waals surface area contributed by atoms with Gasteiger partial charge in [-0.25, -0.2) is 17.9 Å². The maximum Gasteiger partial charge on any atom is 0.335 e. The zero-order valence-electron chi connectivity index (χ0n) is 14.1. The second-order valence-electron chi connectivity index (χ2n) is 5.32. The monoisotopic (exact) mass is 416 g/mol. The number of rotatable bonds is 5. The second-order valence-corrected chi connectivity index (χ2v) is 9.38. The Morgan fingerprint density at radius 1 is 1.27 bits per heavy atom. The minimum absolute atomic E-state index is 0.117. The maximum absolute atomic E-state index is 12.5. The average Bonchev–Trinajstić information content (AvgIpc) is 3.12. The van der Waals surface area contributed by atoms with Gasteiger partial charge in [-0.15, -0.1) is 23.1 Å². The SMILES string of the molecule is COc1cc(OC)nc(NC(=O)NS(=O)(=O)c2csc3c2SC(C)C3)n1. The molecule has 1 aliphatic rings. The van der Waals surface area contributed by atoms with Crippen LogP contribution in [0.2, 0.25) is 0 Å². The number of methoxy groups -OCH3 is 2. The number of thioether (sulfide) groups is 1. The molecule has 3 rings (SSSR count). The van der Waals surface area contributed by atoms with Crippen molar-refractivity contribution in [2.75, 3.05) is 19.5 Å². The van der Waals surface area contributed by atoms with Crippen LogP contribution in [0.15, 0.2) is 21.2 Å². The van der Waals surface area contributed by atoms with E-state index >= 15 is 0 Å². The lowest BCUT2D eigenvalue weighted by atomic mass is 10.3. The number of urea groups is 1. The van der Waals surface area contributed by atoms with Gasteiger partial charge < -0.3 is 9.47 Å². The molecule has 26 heavy (non-hydrogen) atoms. The lowest BCUT2D eigenvalue weighted by molar-refractivity contribution is 0.256. The standard InChI is InChI=1S/C14H16N4O5S3/c1-7-4-8-12(25-7)9(6-24-8)26(20,21)18-14(19)17-13-15-10(22-2)5-11(16-13)23-3/h5-7H,4H2,1-3H3,(H2,15,16,17,18,19). The van der Waals surface area contributed by atoms with Gasteiger partial charge in [-0.1, -0.05) is 6.92 Å². The van der Waals surface area contributed by atoms with Crippen LogP contribution in [0.1, 0.15) is 11.8 Å². The van der Waals surface area contributed by atoms with Crippen LogP contribution < -0.4 is 19.5 Å². The van der Waals surface area contributed by atoms with Crippen molar-refractivity contribution in [2.45, 2.75) is 28.4 Å². The summed E-state index contributed by atoms with van der Waals surface area (Å²) in [6.45, 7) is 2.03. The van der Waals surface area contributed by atoms with Gasteiger partial charge in [0.05, 0.1) is 20.3 Å². The number of hydrogen-bond acceptors (Lipinski definition) is 9. The average molecular weight is 417 g/mol. The van der Waals surface area contributed by atoms with E-state index < -0.39 is 16.1 Å². The summed E-state index contributed by atoms with van der Waals surface area (Å²) in [5, 5.41) is 4.13. The van der Waals surface area contributed by atoms with E-state index in [0.29, 0.717) is 10.1 Å². The number of thiophene rings is 1. The van der Waals surface area contributed by atoms with Gasteiger partial charge in [-0.3, -0.25) is 5.32 Å². The normalized spacial score (nSPS) is 16.0. The molecule has 0 saturated carbocycles. The van der Waals surface area contributed by atoms with Crippen LogP contribution in [0.5, 0.6) is 11.8 Å². The van der Waals surface area contributed by atoms with E-state index in [9.17, 15) is 13.2 Å². The van der Waals surface area contributed by atoms with E-state index in [1.807, 2.05) is 11.6 Å². The van der Waals surface area contributed by atoms with Gasteiger partial charge >= 0.3 is 6.03 Å². The number of anilines is 1. The van der Waals surface area contributed by atoms with Crippen molar-refractivity contribution >= 4 is 45.1 Å². The number of aromatic nitrogens is 2. The maximum atomic E-state index is 12.5. The van der Waals surface area contributed by atoms with Crippen molar-refractivity contribution in [1.82, 2.24) is 14.7 Å². The molecule has 2 N–H and O–H groups in total. The first-order valence-electron chi connectivity index (χ1n) is 7.40. The van der Waals surface area contributed by atoms with E-state index in [-0.39, 0.29) is 22.6 Å². The minimum Gasteiger partial charge on any atom is -0.481 e. The molecule has 0 aliphatic carbocycles. The third kappa shape index (κ3) is 3.86. The molecule has 0 saturated heterocycles. The summed E-state index contributed by atoms with van der Waals surface area (Å²) >= 11 is 2.87. The van der Waals surface area contributed by atoms with E-state index in [4.69, 9.17) is 9.47 Å². The molecule has 3 heterocycles. The fourth-order valence-electron chi connectivity index (χ4n) is 2.30. The predicted octanol–water partition coefficient (Wildman–Crippen LogP) is 2.10. The molecule has 2 aromatic heterocycles. The number of carbonyl (C=O) groups excluding carboxylic acids is 1. The largest absolute Gasteiger partial charge is 0.481 e. The summed E-state index contributed by atoms with van der Waals surface area (Å²) in [4.78, 5) is 21.8. The molecule has 1 atom stereocenters. The van der Waals surface area contributed by atoms with Gasteiger partial charge in [0.25, 0.3) is 10.0 Å². The highest BCUT2D eigenvalue weighted by Crippen LogP contribution is 2.44. The van der Waals surface area contributed by atoms with E-state index in [1.165, 1.54) is 43.4 Å². The Morgan fingerprint density at radius 2 is 1.92 bits per heavy atom. The van der Waals surface area contributed by atoms with Crippen LogP contribution in [-0.4, -0.2) is 43.9 Å². The van der Waals surface area contributed by atoms with E-state index in [0.717, 1.165) is 11.3 Å². The van der Waals surface area contributed by atoms with Crippen LogP contribution in [0.3, 0.4) is 0 Å². The molecule has 0 bridgehead atoms. The number of sulfonamides is 1. The Bertz CT molecular complexity index is 922. The molecule has 1 aliphatic heterocycles. The van der Waals surface area contributed by atoms with Crippen molar-refractivity contribution in [3.05, 3.63) is 16.3 Å². The molecule has 0 aromatic carbocycles. The molecular formula is C14H16N4O5S3. The Balaban J connectivity index is 1.76. The van der Waals surface area contributed by atoms with Gasteiger partial charge in [-0.2, -0.15) is 9.97 Å². The lowest BCUT2D eigenvalue weighted by Gasteiger charge is -2.09. The minimum atomic E-state index is -4.01. The molecule has 140 valence electrons. The molecule has 2 aromatic rings. The Labute approximate surface area is 158 Å². The Hall–Kier alpha value is -2.05. The van der Waals surface area contributed by atoms with Gasteiger partial charge in [0, 0.05) is 20.4 Å². The van der Waals surface area contributed by atoms with Gasteiger partial charge in [0.1, 0.15) is 4.90 Å². The summed E-state index contributed by atoms with van der Waals surface area (Å²) < 4.78 is 37.0. The summed E-state index contributed by atoms with van der Waals surface area (Å²) in [5.41, 5.74) is 0. The molecular weight excluding hydrogens is 400 g/mol. The van der Waals surface area contributed by atoms with E-state index in [1.54, 1.807) is 5.38 Å². The quantitative estimate of drug-likeness (QED) is 0.760. The van der Waals surface area contributed by atoms with Crippen molar-refractivity contribution in [3.8, 4) is 11.8 Å². The van der Waals surface area contributed by atoms with Gasteiger partial charge in [0.15, 0.2) is 0 Å². The summed E-state index contributed by atoms with van der Waals surface area (Å²) in [6, 6.07) is 0.448. The first-order chi connectivity index (χ1) is 12.3. The second kappa shape index (κ2) is 7.29. The summed E-state index contributed by atoms with van der Waals surface area (Å²) in [7, 11) is -1.22. The van der Waals surface area contributed by atoms with Crippen LogP contribution in [0.4, 0.5) is 10.7 Å². The predicted molar refractivity (Wildman–Crippen MR) is 97.8 cm³/mol. The zero-order chi connectivity index (χ0) is 18.9. The smallest absolute Gasteiger partial charge is 0.335 e.